The predicted octanol–water partition coefficient (Wildman–Crippen LogP) is 3.87. The molecular weight excluding hydrogens is 459 g/mol. The molecule has 1 amide bonds. The van der Waals surface area contributed by atoms with Crippen molar-refractivity contribution in [2.75, 3.05) is 6.54 Å². The molecule has 0 aliphatic rings. The number of rotatable bonds is 6. The van der Waals surface area contributed by atoms with Crippen LogP contribution in [0.1, 0.15) is 5.56 Å². The molecule has 8 nitrogen and oxygen atoms in total. The maximum Gasteiger partial charge on any atom is 0.405 e. The van der Waals surface area contributed by atoms with Crippen molar-refractivity contribution < 1.29 is 18.0 Å². The third-order valence-electron chi connectivity index (χ3n) is 5.26. The van der Waals surface area contributed by atoms with Gasteiger partial charge in [-0.1, -0.05) is 18.2 Å². The maximum absolute atomic E-state index is 12.3. The fourth-order valence-corrected chi connectivity index (χ4v) is 3.65. The second-order valence-electron chi connectivity index (χ2n) is 7.77. The lowest BCUT2D eigenvalue weighted by Gasteiger charge is -2.09. The number of aromatic nitrogens is 6. The Labute approximate surface area is 197 Å². The van der Waals surface area contributed by atoms with E-state index in [2.05, 4.69) is 19.9 Å². The Hall–Kier alpha value is -4.54. The quantitative estimate of drug-likeness (QED) is 0.401. The monoisotopic (exact) mass is 477 g/mol. The summed E-state index contributed by atoms with van der Waals surface area (Å²) in [5, 5.41) is 1.89. The minimum Gasteiger partial charge on any atom is -0.347 e. The van der Waals surface area contributed by atoms with E-state index >= 15 is 0 Å². The fourth-order valence-electron chi connectivity index (χ4n) is 3.65. The zero-order valence-electron chi connectivity index (χ0n) is 18.1. The SMILES string of the molecule is O=C(Cc1cccc(-c2cnc3cc(-c4ccnc(-n5ccnc5)n4)ccn23)c1)NCC(F)(F)F. The smallest absolute Gasteiger partial charge is 0.347 e. The van der Waals surface area contributed by atoms with Crippen molar-refractivity contribution in [1.29, 1.82) is 0 Å². The van der Waals surface area contributed by atoms with Crippen molar-refractivity contribution in [2.45, 2.75) is 12.6 Å². The van der Waals surface area contributed by atoms with Crippen molar-refractivity contribution in [3.63, 3.8) is 0 Å². The number of halogens is 3. The van der Waals surface area contributed by atoms with E-state index in [4.69, 9.17) is 0 Å². The van der Waals surface area contributed by atoms with E-state index < -0.39 is 18.6 Å². The molecule has 4 heterocycles. The second kappa shape index (κ2) is 9.01. The Balaban J connectivity index is 1.39. The summed E-state index contributed by atoms with van der Waals surface area (Å²) >= 11 is 0. The van der Waals surface area contributed by atoms with Crippen LogP contribution in [-0.4, -0.2) is 47.5 Å². The highest BCUT2D eigenvalue weighted by atomic mass is 19.4. The number of carbonyl (C=O) groups is 1. The lowest BCUT2D eigenvalue weighted by Crippen LogP contribution is -2.34. The molecule has 176 valence electrons. The highest BCUT2D eigenvalue weighted by molar-refractivity contribution is 5.79. The van der Waals surface area contributed by atoms with Crippen LogP contribution in [0.25, 0.3) is 34.1 Å². The molecule has 0 fully saturated rings. The molecule has 5 aromatic rings. The van der Waals surface area contributed by atoms with Gasteiger partial charge in [0.25, 0.3) is 0 Å². The number of pyridine rings is 1. The number of hydrogen-bond donors (Lipinski definition) is 1. The zero-order chi connectivity index (χ0) is 24.4. The van der Waals surface area contributed by atoms with E-state index in [9.17, 15) is 18.0 Å². The second-order valence-corrected chi connectivity index (χ2v) is 7.77. The molecular formula is C24H18F3N7O. The van der Waals surface area contributed by atoms with Crippen LogP contribution >= 0.6 is 0 Å². The number of carbonyl (C=O) groups excluding carboxylic acids is 1. The van der Waals surface area contributed by atoms with Gasteiger partial charge in [0.15, 0.2) is 0 Å². The summed E-state index contributed by atoms with van der Waals surface area (Å²) in [5.74, 6) is -0.192. The Morgan fingerprint density at radius 3 is 2.69 bits per heavy atom. The zero-order valence-corrected chi connectivity index (χ0v) is 18.1. The normalized spacial score (nSPS) is 11.6. The van der Waals surface area contributed by atoms with Gasteiger partial charge in [-0.2, -0.15) is 13.2 Å². The van der Waals surface area contributed by atoms with Crippen LogP contribution in [0.4, 0.5) is 13.2 Å². The molecule has 0 bridgehead atoms. The summed E-state index contributed by atoms with van der Waals surface area (Å²) in [6, 6.07) is 12.7. The van der Waals surface area contributed by atoms with Crippen LogP contribution in [0.3, 0.4) is 0 Å². The summed E-state index contributed by atoms with van der Waals surface area (Å²) in [5.41, 5.74) is 4.44. The molecule has 4 aromatic heterocycles. The minimum atomic E-state index is -4.44. The summed E-state index contributed by atoms with van der Waals surface area (Å²) in [6.45, 7) is -1.35. The van der Waals surface area contributed by atoms with Gasteiger partial charge in [-0.3, -0.25) is 13.8 Å². The predicted molar refractivity (Wildman–Crippen MR) is 122 cm³/mol. The maximum atomic E-state index is 12.3. The lowest BCUT2D eigenvalue weighted by atomic mass is 10.1. The standard InChI is InChI=1S/C24H18F3N7O/c25-24(26,27)14-31-22(35)11-16-2-1-3-18(10-16)20-13-30-21-12-17(5-8-34(20)21)19-4-6-29-23(32-19)33-9-7-28-15-33/h1-10,12-13,15H,11,14H2,(H,31,35). The first-order valence-electron chi connectivity index (χ1n) is 10.6. The Bertz CT molecular complexity index is 1490. The number of amides is 1. The Morgan fingerprint density at radius 2 is 1.89 bits per heavy atom. The van der Waals surface area contributed by atoms with Crippen LogP contribution in [-0.2, 0) is 11.2 Å². The summed E-state index contributed by atoms with van der Waals surface area (Å²) in [4.78, 5) is 29.3. The van der Waals surface area contributed by atoms with Crippen molar-refractivity contribution >= 4 is 11.6 Å². The Morgan fingerprint density at radius 1 is 1.00 bits per heavy atom. The van der Waals surface area contributed by atoms with E-state index in [1.807, 2.05) is 40.2 Å². The van der Waals surface area contributed by atoms with Gasteiger partial charge >= 0.3 is 6.18 Å². The average Bonchev–Trinajstić information content (AvgIpc) is 3.53. The molecule has 1 N–H and O–H groups in total. The number of nitrogens with zero attached hydrogens (tertiary/aromatic N) is 6. The van der Waals surface area contributed by atoms with Gasteiger partial charge in [-0.25, -0.2) is 19.9 Å². The van der Waals surface area contributed by atoms with Crippen molar-refractivity contribution in [3.8, 4) is 28.5 Å². The van der Waals surface area contributed by atoms with Gasteiger partial charge in [-0.15, -0.1) is 0 Å². The van der Waals surface area contributed by atoms with Crippen LogP contribution in [0.2, 0.25) is 0 Å². The summed E-state index contributed by atoms with van der Waals surface area (Å²) in [6.07, 6.45) is 5.69. The van der Waals surface area contributed by atoms with Crippen LogP contribution in [0, 0.1) is 0 Å². The first-order valence-corrected chi connectivity index (χ1v) is 10.6. The topological polar surface area (TPSA) is 90.0 Å². The first-order chi connectivity index (χ1) is 16.9. The number of benzene rings is 1. The third-order valence-corrected chi connectivity index (χ3v) is 5.26. The molecule has 11 heteroatoms. The van der Waals surface area contributed by atoms with Crippen molar-refractivity contribution in [3.05, 3.63) is 85.3 Å². The number of hydrogen-bond acceptors (Lipinski definition) is 5. The summed E-state index contributed by atoms with van der Waals surface area (Å²) in [7, 11) is 0. The molecule has 1 aromatic carbocycles. The molecule has 0 saturated heterocycles. The number of alkyl halides is 3. The highest BCUT2D eigenvalue weighted by Gasteiger charge is 2.27. The Kier molecular flexibility index (Phi) is 5.73. The molecule has 0 unspecified atom stereocenters. The first kappa shape index (κ1) is 22.3. The number of imidazole rings is 2. The van der Waals surface area contributed by atoms with E-state index in [0.717, 1.165) is 22.5 Å². The van der Waals surface area contributed by atoms with Gasteiger partial charge in [0.05, 0.1) is 24.0 Å². The van der Waals surface area contributed by atoms with Gasteiger partial charge in [0.2, 0.25) is 11.9 Å². The number of fused-ring (bicyclic) bond motifs is 1. The van der Waals surface area contributed by atoms with Gasteiger partial charge in [-0.05, 0) is 29.8 Å². The molecule has 0 atom stereocenters. The van der Waals surface area contributed by atoms with Gasteiger partial charge in [0.1, 0.15) is 18.5 Å². The van der Waals surface area contributed by atoms with E-state index in [-0.39, 0.29) is 6.42 Å². The number of nitrogens with one attached hydrogen (secondary N) is 1. The van der Waals surface area contributed by atoms with Gasteiger partial charge < -0.3 is 5.32 Å². The third kappa shape index (κ3) is 5.03. The summed E-state index contributed by atoms with van der Waals surface area (Å²) < 4.78 is 40.6. The van der Waals surface area contributed by atoms with Gasteiger partial charge in [0, 0.05) is 35.9 Å². The average molecular weight is 477 g/mol. The molecule has 0 saturated carbocycles. The largest absolute Gasteiger partial charge is 0.405 e. The molecule has 0 radical (unpaired) electrons. The lowest BCUT2D eigenvalue weighted by molar-refractivity contribution is -0.138. The fraction of sp³-hybridized carbons (Fsp3) is 0.125. The molecule has 5 rings (SSSR count). The molecule has 35 heavy (non-hydrogen) atoms. The molecule has 0 aliphatic carbocycles. The van der Waals surface area contributed by atoms with Crippen molar-refractivity contribution in [1.82, 2.24) is 34.2 Å². The molecule has 0 aliphatic heterocycles. The van der Waals surface area contributed by atoms with Crippen LogP contribution in [0.15, 0.2) is 79.8 Å². The van der Waals surface area contributed by atoms with E-state index in [1.165, 1.54) is 0 Å². The molecule has 0 spiro atoms. The van der Waals surface area contributed by atoms with E-state index in [0.29, 0.717) is 17.2 Å². The van der Waals surface area contributed by atoms with Crippen LogP contribution < -0.4 is 5.32 Å². The highest BCUT2D eigenvalue weighted by Crippen LogP contribution is 2.25. The van der Waals surface area contributed by atoms with Crippen LogP contribution in [0.5, 0.6) is 0 Å². The van der Waals surface area contributed by atoms with Crippen molar-refractivity contribution in [2.24, 2.45) is 0 Å². The van der Waals surface area contributed by atoms with E-state index in [1.54, 1.807) is 53.9 Å². The minimum absolute atomic E-state index is 0.155.